The summed E-state index contributed by atoms with van der Waals surface area (Å²) in [4.78, 5) is 14.9. The van der Waals surface area contributed by atoms with Gasteiger partial charge in [-0.05, 0) is 37.0 Å². The summed E-state index contributed by atoms with van der Waals surface area (Å²) in [6.45, 7) is 4.05. The third-order valence-electron chi connectivity index (χ3n) is 8.22. The highest BCUT2D eigenvalue weighted by Gasteiger charge is 2.35. The highest BCUT2D eigenvalue weighted by atomic mass is 31.2. The van der Waals surface area contributed by atoms with Gasteiger partial charge in [0, 0.05) is 43.5 Å². The molecule has 0 spiro atoms. The summed E-state index contributed by atoms with van der Waals surface area (Å²) < 4.78 is 24.9. The zero-order valence-corrected chi connectivity index (χ0v) is 22.6. The summed E-state index contributed by atoms with van der Waals surface area (Å²) in [7, 11) is -0.886. The van der Waals surface area contributed by atoms with Gasteiger partial charge in [0.05, 0.1) is 43.0 Å². The number of nitriles is 1. The maximum Gasteiger partial charge on any atom is 0.231 e. The summed E-state index contributed by atoms with van der Waals surface area (Å²) in [6, 6.07) is 8.44. The molecule has 0 radical (unpaired) electrons. The molecule has 2 saturated heterocycles. The number of aromatic nitrogens is 3. The molecule has 3 fully saturated rings. The second kappa shape index (κ2) is 10.6. The van der Waals surface area contributed by atoms with Gasteiger partial charge in [-0.3, -0.25) is 4.90 Å². The van der Waals surface area contributed by atoms with E-state index in [1.807, 2.05) is 18.2 Å². The smallest absolute Gasteiger partial charge is 0.231 e. The second-order valence-electron chi connectivity index (χ2n) is 10.5. The first-order chi connectivity index (χ1) is 18.6. The molecule has 200 valence electrons. The van der Waals surface area contributed by atoms with Gasteiger partial charge in [0.15, 0.2) is 0 Å². The summed E-state index contributed by atoms with van der Waals surface area (Å²) >= 11 is 0. The SMILES string of the molecule is COc1cc(P2(=O)CCN(C3COC3)CC2)ccc1Nc1nc(NCC2CCCC2)c2c(C#N)c[nH]c2n1. The van der Waals surface area contributed by atoms with E-state index in [-0.39, 0.29) is 0 Å². The molecule has 0 bridgehead atoms. The van der Waals surface area contributed by atoms with Gasteiger partial charge in [0.2, 0.25) is 5.95 Å². The number of methoxy groups -OCH3 is 1. The fraction of sp³-hybridized carbons (Fsp3) is 0.519. The van der Waals surface area contributed by atoms with Crippen LogP contribution >= 0.6 is 7.14 Å². The summed E-state index contributed by atoms with van der Waals surface area (Å²) in [5.41, 5.74) is 1.81. The number of rotatable bonds is 8. The lowest BCUT2D eigenvalue weighted by molar-refractivity contribution is -0.0620. The molecule has 4 heterocycles. The standard InChI is InChI=1S/C27H34N7O3P/c1-36-23-12-21(38(35)10-8-34(9-11-38)20-16-37-17-20)6-7-22(23)31-27-32-25(29-14-18-4-2-3-5-18)24-19(13-28)15-30-26(24)33-27/h6-7,12,15,18,20H,2-5,8-11,14,16-17H2,1H3,(H3,29,30,31,32,33). The molecule has 1 aliphatic carbocycles. The number of H-pyrrole nitrogens is 1. The van der Waals surface area contributed by atoms with E-state index in [1.54, 1.807) is 13.3 Å². The Morgan fingerprint density at radius 3 is 2.71 bits per heavy atom. The van der Waals surface area contributed by atoms with Gasteiger partial charge in [-0.15, -0.1) is 0 Å². The topological polar surface area (TPSA) is 128 Å². The number of ether oxygens (including phenoxy) is 2. The average Bonchev–Trinajstić information content (AvgIpc) is 3.58. The van der Waals surface area contributed by atoms with Crippen LogP contribution in [0.25, 0.3) is 11.0 Å². The summed E-state index contributed by atoms with van der Waals surface area (Å²) in [5, 5.41) is 17.9. The Kier molecular flexibility index (Phi) is 7.00. The Labute approximate surface area is 222 Å². The Morgan fingerprint density at radius 1 is 1.24 bits per heavy atom. The molecule has 1 saturated carbocycles. The molecule has 6 rings (SSSR count). The van der Waals surface area contributed by atoms with Gasteiger partial charge in [0.1, 0.15) is 30.4 Å². The predicted octanol–water partition coefficient (Wildman–Crippen LogP) is 3.89. The summed E-state index contributed by atoms with van der Waals surface area (Å²) in [5.74, 6) is 2.25. The molecule has 3 N–H and O–H groups in total. The number of benzene rings is 1. The van der Waals surface area contributed by atoms with E-state index in [2.05, 4.69) is 31.6 Å². The van der Waals surface area contributed by atoms with Crippen molar-refractivity contribution in [2.75, 3.05) is 62.9 Å². The minimum absolute atomic E-state index is 0.395. The largest absolute Gasteiger partial charge is 0.495 e. The van der Waals surface area contributed by atoms with E-state index in [9.17, 15) is 9.83 Å². The highest BCUT2D eigenvalue weighted by Crippen LogP contribution is 2.48. The Morgan fingerprint density at radius 2 is 2.03 bits per heavy atom. The lowest BCUT2D eigenvalue weighted by Gasteiger charge is -2.41. The molecule has 3 aliphatic rings. The molecule has 10 nitrogen and oxygen atoms in total. The van der Waals surface area contributed by atoms with Gasteiger partial charge in [-0.2, -0.15) is 15.2 Å². The second-order valence-corrected chi connectivity index (χ2v) is 13.7. The molecule has 0 unspecified atom stereocenters. The van der Waals surface area contributed by atoms with E-state index in [4.69, 9.17) is 14.5 Å². The summed E-state index contributed by atoms with van der Waals surface area (Å²) in [6.07, 6.45) is 7.97. The molecule has 38 heavy (non-hydrogen) atoms. The predicted molar refractivity (Wildman–Crippen MR) is 148 cm³/mol. The van der Waals surface area contributed by atoms with Crippen molar-refractivity contribution < 1.29 is 14.0 Å². The van der Waals surface area contributed by atoms with Crippen molar-refractivity contribution in [3.63, 3.8) is 0 Å². The lowest BCUT2D eigenvalue weighted by Crippen LogP contribution is -2.52. The van der Waals surface area contributed by atoms with E-state index in [0.29, 0.717) is 64.1 Å². The number of hydrogen-bond acceptors (Lipinski definition) is 9. The minimum atomic E-state index is -2.50. The maximum absolute atomic E-state index is 13.9. The zero-order valence-electron chi connectivity index (χ0n) is 21.7. The van der Waals surface area contributed by atoms with E-state index in [0.717, 1.165) is 38.2 Å². The van der Waals surface area contributed by atoms with Gasteiger partial charge < -0.3 is 29.7 Å². The number of aromatic amines is 1. The van der Waals surface area contributed by atoms with E-state index in [1.165, 1.54) is 25.7 Å². The molecular formula is C27H34N7O3P. The average molecular weight is 536 g/mol. The van der Waals surface area contributed by atoms with Gasteiger partial charge in [-0.1, -0.05) is 12.8 Å². The van der Waals surface area contributed by atoms with Crippen LogP contribution in [0.3, 0.4) is 0 Å². The molecule has 11 heteroatoms. The van der Waals surface area contributed by atoms with E-state index >= 15 is 0 Å². The van der Waals surface area contributed by atoms with Crippen molar-refractivity contribution in [2.24, 2.45) is 5.92 Å². The van der Waals surface area contributed by atoms with Gasteiger partial charge >= 0.3 is 0 Å². The fourth-order valence-corrected chi connectivity index (χ4v) is 8.38. The first-order valence-corrected chi connectivity index (χ1v) is 15.5. The fourth-order valence-electron chi connectivity index (χ4n) is 5.78. The van der Waals surface area contributed by atoms with Crippen LogP contribution in [0, 0.1) is 17.2 Å². The number of nitrogens with one attached hydrogen (secondary N) is 3. The van der Waals surface area contributed by atoms with Crippen LogP contribution in [0.4, 0.5) is 17.5 Å². The molecule has 0 amide bonds. The number of anilines is 3. The van der Waals surface area contributed by atoms with Crippen molar-refractivity contribution in [1.29, 1.82) is 5.26 Å². The third kappa shape index (κ3) is 4.86. The van der Waals surface area contributed by atoms with Crippen LogP contribution in [0.1, 0.15) is 31.2 Å². The lowest BCUT2D eigenvalue weighted by atomic mass is 10.1. The Hall–Kier alpha value is -3.12. The monoisotopic (exact) mass is 535 g/mol. The minimum Gasteiger partial charge on any atom is -0.495 e. The maximum atomic E-state index is 13.9. The first-order valence-electron chi connectivity index (χ1n) is 13.4. The Bertz CT molecular complexity index is 1400. The molecule has 1 aromatic carbocycles. The van der Waals surface area contributed by atoms with Crippen LogP contribution in [0.2, 0.25) is 0 Å². The molecule has 2 aliphatic heterocycles. The zero-order chi connectivity index (χ0) is 26.1. The normalized spacial score (nSPS) is 20.2. The van der Waals surface area contributed by atoms with Crippen molar-refractivity contribution >= 4 is 40.9 Å². The van der Waals surface area contributed by atoms with Crippen LogP contribution in [0.5, 0.6) is 5.75 Å². The molecule has 3 aromatic rings. The van der Waals surface area contributed by atoms with Crippen LogP contribution in [-0.2, 0) is 9.30 Å². The van der Waals surface area contributed by atoms with Crippen LogP contribution in [0.15, 0.2) is 24.4 Å². The molecule has 2 aromatic heterocycles. The van der Waals surface area contributed by atoms with E-state index < -0.39 is 7.14 Å². The van der Waals surface area contributed by atoms with Crippen molar-refractivity contribution in [3.05, 3.63) is 30.0 Å². The van der Waals surface area contributed by atoms with Crippen molar-refractivity contribution in [2.45, 2.75) is 31.7 Å². The van der Waals surface area contributed by atoms with Gasteiger partial charge in [0.25, 0.3) is 0 Å². The van der Waals surface area contributed by atoms with Crippen molar-refractivity contribution in [3.8, 4) is 11.8 Å². The Balaban J connectivity index is 1.23. The number of hydrogen-bond donors (Lipinski definition) is 3. The van der Waals surface area contributed by atoms with Crippen LogP contribution < -0.4 is 20.7 Å². The number of nitrogens with zero attached hydrogens (tertiary/aromatic N) is 4. The highest BCUT2D eigenvalue weighted by molar-refractivity contribution is 7.71. The van der Waals surface area contributed by atoms with Crippen molar-refractivity contribution in [1.82, 2.24) is 19.9 Å². The third-order valence-corrected chi connectivity index (χ3v) is 11.3. The van der Waals surface area contributed by atoms with Crippen LogP contribution in [-0.4, -0.2) is 78.2 Å². The molecule has 0 atom stereocenters. The van der Waals surface area contributed by atoms with Gasteiger partial charge in [-0.25, -0.2) is 0 Å². The quantitative estimate of drug-likeness (QED) is 0.368. The number of fused-ring (bicyclic) bond motifs is 1. The molecular weight excluding hydrogens is 501 g/mol. The first kappa shape index (κ1) is 25.2.